The van der Waals surface area contributed by atoms with Gasteiger partial charge < -0.3 is 14.9 Å². The van der Waals surface area contributed by atoms with Gasteiger partial charge in [-0.25, -0.2) is 14.5 Å². The second-order valence-electron chi connectivity index (χ2n) is 8.84. The average Bonchev–Trinajstić information content (AvgIpc) is 3.52. The average molecular weight is 442 g/mol. The fourth-order valence-corrected chi connectivity index (χ4v) is 4.99. The molecular weight excluding hydrogens is 414 g/mol. The van der Waals surface area contributed by atoms with Gasteiger partial charge in [0.05, 0.1) is 24.0 Å². The minimum atomic E-state index is -0.202. The van der Waals surface area contributed by atoms with Crippen LogP contribution in [0.5, 0.6) is 0 Å². The summed E-state index contributed by atoms with van der Waals surface area (Å²) in [5.41, 5.74) is 3.76. The maximum absolute atomic E-state index is 9.83. The maximum Gasteiger partial charge on any atom is 0.154 e. The number of hydrogen-bond acceptors (Lipinski definition) is 7. The minimum Gasteiger partial charge on any atom is -0.393 e. The first-order valence-electron chi connectivity index (χ1n) is 11.7. The predicted molar refractivity (Wildman–Crippen MR) is 127 cm³/mol. The fraction of sp³-hybridized carbons (Fsp3) is 0.360. The largest absolute Gasteiger partial charge is 0.393 e. The van der Waals surface area contributed by atoms with Gasteiger partial charge in [-0.2, -0.15) is 0 Å². The highest BCUT2D eigenvalue weighted by Gasteiger charge is 2.28. The quantitative estimate of drug-likeness (QED) is 0.519. The Hall–Kier alpha value is -3.52. The molecule has 4 aromatic rings. The van der Waals surface area contributed by atoms with Crippen LogP contribution in [-0.2, 0) is 0 Å². The van der Waals surface area contributed by atoms with Crippen LogP contribution < -0.4 is 9.80 Å². The number of imidazole rings is 1. The number of pyridine rings is 2. The molecule has 2 aliphatic rings. The highest BCUT2D eigenvalue weighted by Crippen LogP contribution is 2.35. The van der Waals surface area contributed by atoms with Crippen LogP contribution in [0.25, 0.3) is 17.0 Å². The van der Waals surface area contributed by atoms with E-state index >= 15 is 0 Å². The lowest BCUT2D eigenvalue weighted by Gasteiger charge is -2.30. The highest BCUT2D eigenvalue weighted by molar-refractivity contribution is 5.62. The second-order valence-corrected chi connectivity index (χ2v) is 8.84. The van der Waals surface area contributed by atoms with Gasteiger partial charge in [0.1, 0.15) is 17.3 Å². The van der Waals surface area contributed by atoms with E-state index in [-0.39, 0.29) is 12.1 Å². The molecule has 1 N–H and O–H groups in total. The summed E-state index contributed by atoms with van der Waals surface area (Å²) < 4.78 is 1.90. The van der Waals surface area contributed by atoms with E-state index < -0.39 is 0 Å². The lowest BCUT2D eigenvalue weighted by molar-refractivity contribution is 0.145. The molecule has 1 atom stereocenters. The van der Waals surface area contributed by atoms with Crippen molar-refractivity contribution in [2.75, 3.05) is 29.4 Å². The Bertz CT molecular complexity index is 1250. The van der Waals surface area contributed by atoms with E-state index in [2.05, 4.69) is 31.9 Å². The standard InChI is InChI=1S/C25H27N7O/c33-19-10-14-30(15-11-19)24-7-1-5-20(28-24)22-17-27-23-8-9-25(29-32(22)23)31-13-3-6-21(31)18-4-2-12-26-16-18/h1-2,4-5,7-9,12,16-17,19,21,33H,3,6,10-11,13-15H2. The SMILES string of the molecule is OC1CCN(c2cccc(-c3cnc4ccc(N5CCCC5c5cccnc5)nn34)n2)CC1. The summed E-state index contributed by atoms with van der Waals surface area (Å²) in [6, 6.07) is 14.6. The molecule has 8 heteroatoms. The number of aliphatic hydroxyl groups excluding tert-OH is 1. The van der Waals surface area contributed by atoms with Crippen LogP contribution >= 0.6 is 0 Å². The van der Waals surface area contributed by atoms with Gasteiger partial charge in [-0.3, -0.25) is 4.98 Å². The van der Waals surface area contributed by atoms with Crippen molar-refractivity contribution in [3.8, 4) is 11.4 Å². The summed E-state index contributed by atoms with van der Waals surface area (Å²) in [6.07, 6.45) is 9.20. The molecule has 2 saturated heterocycles. The molecule has 0 spiro atoms. The molecule has 6 rings (SSSR count). The van der Waals surface area contributed by atoms with Crippen LogP contribution in [0.1, 0.15) is 37.3 Å². The van der Waals surface area contributed by atoms with E-state index in [1.54, 1.807) is 0 Å². The number of nitrogens with zero attached hydrogens (tertiary/aromatic N) is 7. The third-order valence-corrected chi connectivity index (χ3v) is 6.75. The molecule has 0 saturated carbocycles. The van der Waals surface area contributed by atoms with Gasteiger partial charge in [0, 0.05) is 32.0 Å². The third-order valence-electron chi connectivity index (χ3n) is 6.75. The molecule has 0 aliphatic carbocycles. The number of fused-ring (bicyclic) bond motifs is 1. The Morgan fingerprint density at radius 3 is 2.64 bits per heavy atom. The summed E-state index contributed by atoms with van der Waals surface area (Å²) in [4.78, 5) is 18.4. The number of anilines is 2. The minimum absolute atomic E-state index is 0.202. The van der Waals surface area contributed by atoms with E-state index in [1.165, 1.54) is 5.56 Å². The van der Waals surface area contributed by atoms with Crippen LogP contribution in [0.15, 0.2) is 61.1 Å². The molecule has 0 radical (unpaired) electrons. The smallest absolute Gasteiger partial charge is 0.154 e. The molecule has 168 valence electrons. The number of aliphatic hydroxyl groups is 1. The predicted octanol–water partition coefficient (Wildman–Crippen LogP) is 3.49. The molecule has 8 nitrogen and oxygen atoms in total. The van der Waals surface area contributed by atoms with Gasteiger partial charge in [0.25, 0.3) is 0 Å². The molecule has 4 aromatic heterocycles. The van der Waals surface area contributed by atoms with Crippen molar-refractivity contribution in [3.05, 3.63) is 66.6 Å². The number of rotatable bonds is 4. The van der Waals surface area contributed by atoms with E-state index in [9.17, 15) is 5.11 Å². The van der Waals surface area contributed by atoms with Crippen LogP contribution in [0, 0.1) is 0 Å². The zero-order valence-corrected chi connectivity index (χ0v) is 18.5. The van der Waals surface area contributed by atoms with Crippen LogP contribution in [0.2, 0.25) is 0 Å². The van der Waals surface area contributed by atoms with E-state index in [0.717, 1.165) is 74.0 Å². The van der Waals surface area contributed by atoms with E-state index in [1.807, 2.05) is 53.4 Å². The molecule has 2 fully saturated rings. The number of piperidine rings is 1. The summed E-state index contributed by atoms with van der Waals surface area (Å²) >= 11 is 0. The lowest BCUT2D eigenvalue weighted by atomic mass is 10.1. The Balaban J connectivity index is 1.34. The van der Waals surface area contributed by atoms with Crippen molar-refractivity contribution in [2.24, 2.45) is 0 Å². The van der Waals surface area contributed by atoms with Crippen molar-refractivity contribution < 1.29 is 5.11 Å². The molecule has 0 aromatic carbocycles. The summed E-state index contributed by atoms with van der Waals surface area (Å²) in [5, 5.41) is 14.8. The molecule has 33 heavy (non-hydrogen) atoms. The highest BCUT2D eigenvalue weighted by atomic mass is 16.3. The maximum atomic E-state index is 9.83. The Morgan fingerprint density at radius 1 is 0.879 bits per heavy atom. The molecule has 6 heterocycles. The Morgan fingerprint density at radius 2 is 1.79 bits per heavy atom. The van der Waals surface area contributed by atoms with Gasteiger partial charge in [-0.15, -0.1) is 5.10 Å². The normalized spacial score (nSPS) is 19.5. The van der Waals surface area contributed by atoms with Gasteiger partial charge >= 0.3 is 0 Å². The van der Waals surface area contributed by atoms with E-state index in [0.29, 0.717) is 0 Å². The summed E-state index contributed by atoms with van der Waals surface area (Å²) in [5.74, 6) is 1.87. The van der Waals surface area contributed by atoms with Crippen LogP contribution in [0.3, 0.4) is 0 Å². The fourth-order valence-electron chi connectivity index (χ4n) is 4.99. The molecule has 0 bridgehead atoms. The molecule has 1 unspecified atom stereocenters. The topological polar surface area (TPSA) is 82.7 Å². The van der Waals surface area contributed by atoms with Crippen LogP contribution in [0.4, 0.5) is 11.6 Å². The van der Waals surface area contributed by atoms with Crippen molar-refractivity contribution in [3.63, 3.8) is 0 Å². The van der Waals surface area contributed by atoms with Gasteiger partial charge in [0.2, 0.25) is 0 Å². The zero-order valence-electron chi connectivity index (χ0n) is 18.5. The van der Waals surface area contributed by atoms with Crippen molar-refractivity contribution in [1.29, 1.82) is 0 Å². The van der Waals surface area contributed by atoms with Gasteiger partial charge in [-0.05, 0) is 61.6 Å². The second kappa shape index (κ2) is 8.44. The first kappa shape index (κ1) is 20.1. The molecule has 0 amide bonds. The van der Waals surface area contributed by atoms with E-state index in [4.69, 9.17) is 10.1 Å². The molecule has 2 aliphatic heterocycles. The van der Waals surface area contributed by atoms with Crippen molar-refractivity contribution in [1.82, 2.24) is 24.6 Å². The lowest BCUT2D eigenvalue weighted by Crippen LogP contribution is -2.36. The van der Waals surface area contributed by atoms with Crippen molar-refractivity contribution >= 4 is 17.3 Å². The number of aromatic nitrogens is 5. The first-order chi connectivity index (χ1) is 16.3. The van der Waals surface area contributed by atoms with Crippen LogP contribution in [-0.4, -0.2) is 55.4 Å². The monoisotopic (exact) mass is 441 g/mol. The third kappa shape index (κ3) is 3.80. The summed E-state index contributed by atoms with van der Waals surface area (Å²) in [7, 11) is 0. The van der Waals surface area contributed by atoms with Gasteiger partial charge in [0.15, 0.2) is 5.65 Å². The zero-order chi connectivity index (χ0) is 22.2. The Kier molecular flexibility index (Phi) is 5.14. The van der Waals surface area contributed by atoms with Crippen molar-refractivity contribution in [2.45, 2.75) is 37.8 Å². The first-order valence-corrected chi connectivity index (χ1v) is 11.7. The van der Waals surface area contributed by atoms with Gasteiger partial charge in [-0.1, -0.05) is 12.1 Å². The Labute approximate surface area is 192 Å². The number of hydrogen-bond donors (Lipinski definition) is 1. The summed E-state index contributed by atoms with van der Waals surface area (Å²) in [6.45, 7) is 2.60. The molecular formula is C25H27N7O.